The molecule has 16 heavy (non-hydrogen) atoms. The Labute approximate surface area is 101 Å². The van der Waals surface area contributed by atoms with Gasteiger partial charge in [-0.25, -0.2) is 0 Å². The normalized spacial score (nSPS) is 29.8. The van der Waals surface area contributed by atoms with Gasteiger partial charge in [-0.1, -0.05) is 46.5 Å². The van der Waals surface area contributed by atoms with Crippen molar-refractivity contribution in [3.05, 3.63) is 0 Å². The molecule has 0 N–H and O–H groups in total. The predicted molar refractivity (Wildman–Crippen MR) is 67.4 cm³/mol. The molecule has 1 aliphatic heterocycles. The molecule has 0 aromatic heterocycles. The third-order valence-electron chi connectivity index (χ3n) is 3.42. The van der Waals surface area contributed by atoms with Crippen LogP contribution in [0.1, 0.15) is 65.7 Å². The van der Waals surface area contributed by atoms with Gasteiger partial charge >= 0.3 is 0 Å². The monoisotopic (exact) mass is 228 g/mol. The van der Waals surface area contributed by atoms with Crippen molar-refractivity contribution < 1.29 is 9.47 Å². The van der Waals surface area contributed by atoms with E-state index in [2.05, 4.69) is 20.8 Å². The summed E-state index contributed by atoms with van der Waals surface area (Å²) < 4.78 is 11.7. The summed E-state index contributed by atoms with van der Waals surface area (Å²) in [6.07, 6.45) is 9.07. The van der Waals surface area contributed by atoms with Gasteiger partial charge < -0.3 is 9.47 Å². The topological polar surface area (TPSA) is 18.5 Å². The van der Waals surface area contributed by atoms with Gasteiger partial charge in [0.25, 0.3) is 0 Å². The molecule has 2 nitrogen and oxygen atoms in total. The van der Waals surface area contributed by atoms with Gasteiger partial charge in [0.1, 0.15) is 0 Å². The van der Waals surface area contributed by atoms with Crippen molar-refractivity contribution in [3.63, 3.8) is 0 Å². The van der Waals surface area contributed by atoms with E-state index < -0.39 is 0 Å². The molecule has 1 rings (SSSR count). The minimum atomic E-state index is 0.0770. The van der Waals surface area contributed by atoms with Crippen molar-refractivity contribution in [2.75, 3.05) is 6.61 Å². The molecule has 0 bridgehead atoms. The highest BCUT2D eigenvalue weighted by Gasteiger charge is 2.31. The van der Waals surface area contributed by atoms with Crippen molar-refractivity contribution in [1.29, 1.82) is 0 Å². The van der Waals surface area contributed by atoms with Crippen molar-refractivity contribution >= 4 is 0 Å². The third kappa shape index (κ3) is 4.84. The molecule has 0 spiro atoms. The molecule has 1 fully saturated rings. The standard InChI is InChI=1S/C14H28O2/c1-4-6-8-9-13-12(3)11-14(16-13)15-10-7-5-2/h12-14H,4-11H2,1-3H3/t12-,13+,14-/m0/s1. The molecule has 0 radical (unpaired) electrons. The quantitative estimate of drug-likeness (QED) is 0.581. The summed E-state index contributed by atoms with van der Waals surface area (Å²) in [6, 6.07) is 0. The molecule has 0 unspecified atom stereocenters. The highest BCUT2D eigenvalue weighted by atomic mass is 16.7. The Morgan fingerprint density at radius 2 is 1.88 bits per heavy atom. The van der Waals surface area contributed by atoms with Crippen LogP contribution in [-0.2, 0) is 9.47 Å². The van der Waals surface area contributed by atoms with Crippen LogP contribution in [0.25, 0.3) is 0 Å². The van der Waals surface area contributed by atoms with Crippen molar-refractivity contribution in [1.82, 2.24) is 0 Å². The minimum Gasteiger partial charge on any atom is -0.353 e. The minimum absolute atomic E-state index is 0.0770. The first-order valence-electron chi connectivity index (χ1n) is 7.05. The van der Waals surface area contributed by atoms with Gasteiger partial charge in [-0.2, -0.15) is 0 Å². The van der Waals surface area contributed by atoms with E-state index in [9.17, 15) is 0 Å². The van der Waals surface area contributed by atoms with Gasteiger partial charge in [-0.05, 0) is 18.8 Å². The lowest BCUT2D eigenvalue weighted by atomic mass is 9.99. The molecule has 0 saturated carbocycles. The maximum atomic E-state index is 5.94. The van der Waals surface area contributed by atoms with Crippen molar-refractivity contribution in [2.24, 2.45) is 5.92 Å². The van der Waals surface area contributed by atoms with Crippen LogP contribution in [0.15, 0.2) is 0 Å². The summed E-state index contributed by atoms with van der Waals surface area (Å²) in [4.78, 5) is 0. The van der Waals surface area contributed by atoms with Gasteiger partial charge in [0.05, 0.1) is 6.10 Å². The van der Waals surface area contributed by atoms with E-state index in [4.69, 9.17) is 9.47 Å². The Kier molecular flexibility index (Phi) is 7.06. The van der Waals surface area contributed by atoms with Gasteiger partial charge in [0.15, 0.2) is 6.29 Å². The highest BCUT2D eigenvalue weighted by Crippen LogP contribution is 2.30. The first kappa shape index (κ1) is 14.0. The average Bonchev–Trinajstić information content (AvgIpc) is 2.61. The van der Waals surface area contributed by atoms with Crippen LogP contribution in [0.2, 0.25) is 0 Å². The Balaban J connectivity index is 2.14. The molecule has 0 aromatic rings. The molecular weight excluding hydrogens is 200 g/mol. The lowest BCUT2D eigenvalue weighted by molar-refractivity contribution is -0.135. The molecule has 3 atom stereocenters. The summed E-state index contributed by atoms with van der Waals surface area (Å²) in [5.74, 6) is 0.670. The van der Waals surface area contributed by atoms with E-state index in [0.29, 0.717) is 12.0 Å². The van der Waals surface area contributed by atoms with Crippen molar-refractivity contribution in [3.8, 4) is 0 Å². The van der Waals surface area contributed by atoms with Crippen LogP contribution in [0.4, 0.5) is 0 Å². The third-order valence-corrected chi connectivity index (χ3v) is 3.42. The second kappa shape index (κ2) is 8.08. The lowest BCUT2D eigenvalue weighted by Gasteiger charge is -2.15. The summed E-state index contributed by atoms with van der Waals surface area (Å²) in [5, 5.41) is 0. The van der Waals surface area contributed by atoms with E-state index in [0.717, 1.165) is 19.4 Å². The Morgan fingerprint density at radius 1 is 1.12 bits per heavy atom. The van der Waals surface area contributed by atoms with Gasteiger partial charge in [-0.3, -0.25) is 0 Å². The summed E-state index contributed by atoms with van der Waals surface area (Å²) in [6.45, 7) is 7.58. The van der Waals surface area contributed by atoms with Crippen LogP contribution in [0, 0.1) is 5.92 Å². The maximum Gasteiger partial charge on any atom is 0.158 e. The fourth-order valence-electron chi connectivity index (χ4n) is 2.25. The second-order valence-electron chi connectivity index (χ2n) is 5.04. The van der Waals surface area contributed by atoms with E-state index in [-0.39, 0.29) is 6.29 Å². The average molecular weight is 228 g/mol. The Bertz CT molecular complexity index is 170. The summed E-state index contributed by atoms with van der Waals surface area (Å²) in [7, 11) is 0. The Morgan fingerprint density at radius 3 is 2.56 bits per heavy atom. The van der Waals surface area contributed by atoms with Crippen LogP contribution in [-0.4, -0.2) is 19.0 Å². The number of hydrogen-bond acceptors (Lipinski definition) is 2. The fourth-order valence-corrected chi connectivity index (χ4v) is 2.25. The maximum absolute atomic E-state index is 5.94. The number of hydrogen-bond donors (Lipinski definition) is 0. The molecule has 0 aliphatic carbocycles. The number of rotatable bonds is 8. The SMILES string of the molecule is CCCCC[C@H]1O[C@H](OCCCC)C[C@@H]1C. The second-order valence-corrected chi connectivity index (χ2v) is 5.04. The number of unbranched alkanes of at least 4 members (excludes halogenated alkanes) is 3. The molecule has 2 heteroatoms. The van der Waals surface area contributed by atoms with E-state index in [1.807, 2.05) is 0 Å². The first-order chi connectivity index (χ1) is 7.77. The van der Waals surface area contributed by atoms with Gasteiger partial charge in [0, 0.05) is 13.0 Å². The molecule has 96 valence electrons. The molecule has 1 heterocycles. The molecular formula is C14H28O2. The smallest absolute Gasteiger partial charge is 0.158 e. The zero-order valence-electron chi connectivity index (χ0n) is 11.2. The van der Waals surface area contributed by atoms with E-state index in [1.165, 1.54) is 32.1 Å². The van der Waals surface area contributed by atoms with E-state index in [1.54, 1.807) is 0 Å². The van der Waals surface area contributed by atoms with Gasteiger partial charge in [-0.15, -0.1) is 0 Å². The van der Waals surface area contributed by atoms with Crippen LogP contribution < -0.4 is 0 Å². The first-order valence-corrected chi connectivity index (χ1v) is 7.05. The van der Waals surface area contributed by atoms with Crippen LogP contribution in [0.5, 0.6) is 0 Å². The number of ether oxygens (including phenoxy) is 2. The van der Waals surface area contributed by atoms with E-state index >= 15 is 0 Å². The molecule has 0 amide bonds. The lowest BCUT2D eigenvalue weighted by Crippen LogP contribution is -2.16. The van der Waals surface area contributed by atoms with Crippen LogP contribution >= 0.6 is 0 Å². The molecule has 0 aromatic carbocycles. The van der Waals surface area contributed by atoms with Crippen molar-refractivity contribution in [2.45, 2.75) is 78.1 Å². The van der Waals surface area contributed by atoms with Gasteiger partial charge in [0.2, 0.25) is 0 Å². The zero-order valence-corrected chi connectivity index (χ0v) is 11.2. The largest absolute Gasteiger partial charge is 0.353 e. The highest BCUT2D eigenvalue weighted by molar-refractivity contribution is 4.75. The summed E-state index contributed by atoms with van der Waals surface area (Å²) >= 11 is 0. The molecule has 1 saturated heterocycles. The summed E-state index contributed by atoms with van der Waals surface area (Å²) in [5.41, 5.74) is 0. The zero-order chi connectivity index (χ0) is 11.8. The fraction of sp³-hybridized carbons (Fsp3) is 1.00. The predicted octanol–water partition coefficient (Wildman–Crippen LogP) is 4.13. The molecule has 1 aliphatic rings. The van der Waals surface area contributed by atoms with Crippen LogP contribution in [0.3, 0.4) is 0 Å². The Hall–Kier alpha value is -0.0800.